The van der Waals surface area contributed by atoms with Crippen LogP contribution in [0.4, 0.5) is 4.39 Å². The summed E-state index contributed by atoms with van der Waals surface area (Å²) in [4.78, 5) is 24.9. The van der Waals surface area contributed by atoms with Gasteiger partial charge >= 0.3 is 0 Å². The van der Waals surface area contributed by atoms with Crippen LogP contribution in [0.5, 0.6) is 0 Å². The molecule has 3 rings (SSSR count). The summed E-state index contributed by atoms with van der Waals surface area (Å²) in [7, 11) is -4.14. The number of carbonyl (C=O) groups is 2. The van der Waals surface area contributed by atoms with Crippen molar-refractivity contribution in [2.24, 2.45) is 0 Å². The lowest BCUT2D eigenvalue weighted by molar-refractivity contribution is -0.130. The van der Waals surface area contributed by atoms with E-state index >= 15 is 0 Å². The average molecular weight is 404 g/mol. The Morgan fingerprint density at radius 1 is 1.14 bits per heavy atom. The first-order chi connectivity index (χ1) is 13.2. The zero-order valence-electron chi connectivity index (χ0n) is 15.6. The van der Waals surface area contributed by atoms with E-state index in [9.17, 15) is 22.4 Å². The molecule has 28 heavy (non-hydrogen) atoms. The fraction of sp³-hybridized carbons (Fsp3) is 0.300. The quantitative estimate of drug-likeness (QED) is 0.830. The molecule has 0 unspecified atom stereocenters. The highest BCUT2D eigenvalue weighted by atomic mass is 32.2. The van der Waals surface area contributed by atoms with E-state index in [2.05, 4.69) is 5.32 Å². The van der Waals surface area contributed by atoms with Crippen molar-refractivity contribution < 1.29 is 22.4 Å². The third-order valence-corrected chi connectivity index (χ3v) is 6.70. The monoisotopic (exact) mass is 404 g/mol. The van der Waals surface area contributed by atoms with E-state index in [1.807, 2.05) is 6.92 Å². The van der Waals surface area contributed by atoms with E-state index in [-0.39, 0.29) is 30.1 Å². The van der Waals surface area contributed by atoms with Crippen LogP contribution in [0.15, 0.2) is 47.4 Å². The lowest BCUT2D eigenvalue weighted by Crippen LogP contribution is -2.47. The van der Waals surface area contributed by atoms with E-state index in [0.717, 1.165) is 11.1 Å². The van der Waals surface area contributed by atoms with E-state index in [1.54, 1.807) is 13.0 Å². The highest BCUT2D eigenvalue weighted by Gasteiger charge is 2.44. The minimum absolute atomic E-state index is 0.0119. The Labute approximate surface area is 163 Å². The summed E-state index contributed by atoms with van der Waals surface area (Å²) < 4.78 is 39.7. The second kappa shape index (κ2) is 7.71. The van der Waals surface area contributed by atoms with Gasteiger partial charge in [0.1, 0.15) is 11.9 Å². The number of nitrogens with one attached hydrogen (secondary N) is 1. The van der Waals surface area contributed by atoms with Gasteiger partial charge in [-0.05, 0) is 61.2 Å². The topological polar surface area (TPSA) is 83.6 Å². The molecule has 0 radical (unpaired) electrons. The molecule has 0 aliphatic carbocycles. The summed E-state index contributed by atoms with van der Waals surface area (Å²) in [5.41, 5.74) is 2.38. The van der Waals surface area contributed by atoms with E-state index in [1.165, 1.54) is 36.4 Å². The molecule has 2 aromatic rings. The average Bonchev–Trinajstić information content (AvgIpc) is 3.05. The molecule has 2 amide bonds. The lowest BCUT2D eigenvalue weighted by atomic mass is 10.1. The second-order valence-electron chi connectivity index (χ2n) is 6.84. The maximum Gasteiger partial charge on any atom is 0.267 e. The first kappa shape index (κ1) is 20.0. The second-order valence-corrected chi connectivity index (χ2v) is 8.65. The first-order valence-electron chi connectivity index (χ1n) is 8.87. The predicted octanol–water partition coefficient (Wildman–Crippen LogP) is 2.44. The molecule has 1 N–H and O–H groups in total. The van der Waals surface area contributed by atoms with E-state index < -0.39 is 27.9 Å². The minimum atomic E-state index is -4.14. The zero-order chi connectivity index (χ0) is 20.5. The van der Waals surface area contributed by atoms with Crippen molar-refractivity contribution in [2.75, 3.05) is 0 Å². The smallest absolute Gasteiger partial charge is 0.267 e. The van der Waals surface area contributed by atoms with E-state index in [0.29, 0.717) is 9.87 Å². The van der Waals surface area contributed by atoms with Crippen LogP contribution in [0.3, 0.4) is 0 Å². The number of carbonyl (C=O) groups excluding carboxylic acids is 2. The number of sulfonamides is 1. The number of nitrogens with zero attached hydrogens (tertiary/aromatic N) is 1. The molecular formula is C20H21FN2O4S. The van der Waals surface area contributed by atoms with Crippen LogP contribution in [0.1, 0.15) is 29.5 Å². The minimum Gasteiger partial charge on any atom is -0.350 e. The van der Waals surface area contributed by atoms with Crippen LogP contribution in [0.25, 0.3) is 0 Å². The third kappa shape index (κ3) is 3.91. The van der Waals surface area contributed by atoms with Crippen molar-refractivity contribution in [3.63, 3.8) is 0 Å². The molecule has 1 saturated heterocycles. The standard InChI is InChI=1S/C20H21FN2O4S/c1-13-3-8-17(11-14(13)2)28(26,27)23-18(9-10-19(23)24)20(25)22-12-15-4-6-16(21)7-5-15/h3-8,11,18H,9-10,12H2,1-2H3,(H,22,25)/t18-/m1/s1. The molecule has 0 aromatic heterocycles. The van der Waals surface area contributed by atoms with Gasteiger partial charge in [-0.25, -0.2) is 17.1 Å². The summed E-state index contributed by atoms with van der Waals surface area (Å²) in [5, 5.41) is 2.64. The van der Waals surface area contributed by atoms with Gasteiger partial charge in [-0.3, -0.25) is 9.59 Å². The Balaban J connectivity index is 1.80. The van der Waals surface area contributed by atoms with Crippen molar-refractivity contribution >= 4 is 21.8 Å². The molecule has 0 saturated carbocycles. The van der Waals surface area contributed by atoms with Gasteiger partial charge in [0, 0.05) is 13.0 Å². The van der Waals surface area contributed by atoms with Crippen LogP contribution >= 0.6 is 0 Å². The normalized spacial score (nSPS) is 17.0. The summed E-state index contributed by atoms with van der Waals surface area (Å²) in [6, 6.07) is 9.12. The first-order valence-corrected chi connectivity index (χ1v) is 10.3. The Morgan fingerprint density at radius 2 is 1.82 bits per heavy atom. The highest BCUT2D eigenvalue weighted by Crippen LogP contribution is 2.28. The van der Waals surface area contributed by atoms with E-state index in [4.69, 9.17) is 0 Å². The number of hydrogen-bond donors (Lipinski definition) is 1. The van der Waals surface area contributed by atoms with Gasteiger partial charge in [-0.2, -0.15) is 0 Å². The fourth-order valence-corrected chi connectivity index (χ4v) is 4.79. The van der Waals surface area contributed by atoms with Gasteiger partial charge in [-0.1, -0.05) is 18.2 Å². The van der Waals surface area contributed by atoms with Gasteiger partial charge in [0.25, 0.3) is 10.0 Å². The zero-order valence-corrected chi connectivity index (χ0v) is 16.4. The number of halogens is 1. The molecule has 6 nitrogen and oxygen atoms in total. The van der Waals surface area contributed by atoms with Crippen molar-refractivity contribution in [1.82, 2.24) is 9.62 Å². The Bertz CT molecular complexity index is 1020. The molecule has 2 aromatic carbocycles. The third-order valence-electron chi connectivity index (χ3n) is 4.88. The van der Waals surface area contributed by atoms with Gasteiger partial charge in [0.05, 0.1) is 4.90 Å². The van der Waals surface area contributed by atoms with Crippen molar-refractivity contribution in [2.45, 2.75) is 44.2 Å². The van der Waals surface area contributed by atoms with Gasteiger partial charge in [0.15, 0.2) is 0 Å². The Morgan fingerprint density at radius 3 is 2.46 bits per heavy atom. The predicted molar refractivity (Wildman–Crippen MR) is 101 cm³/mol. The van der Waals surface area contributed by atoms with Crippen LogP contribution in [0.2, 0.25) is 0 Å². The Hall–Kier alpha value is -2.74. The van der Waals surface area contributed by atoms with Crippen LogP contribution < -0.4 is 5.32 Å². The number of amides is 2. The van der Waals surface area contributed by atoms with Crippen molar-refractivity contribution in [3.8, 4) is 0 Å². The molecule has 0 spiro atoms. The number of benzene rings is 2. The maximum atomic E-state index is 13.0. The molecule has 1 atom stereocenters. The number of aryl methyl sites for hydroxylation is 2. The van der Waals surface area contributed by atoms with Crippen LogP contribution in [0, 0.1) is 19.7 Å². The molecule has 1 fully saturated rings. The summed E-state index contributed by atoms with van der Waals surface area (Å²) >= 11 is 0. The Kier molecular flexibility index (Phi) is 5.51. The fourth-order valence-electron chi connectivity index (χ4n) is 3.10. The highest BCUT2D eigenvalue weighted by molar-refractivity contribution is 7.89. The molecule has 1 aliphatic rings. The molecule has 1 heterocycles. The van der Waals surface area contributed by atoms with Crippen LogP contribution in [-0.2, 0) is 26.2 Å². The number of rotatable bonds is 5. The molecular weight excluding hydrogens is 383 g/mol. The van der Waals surface area contributed by atoms with Crippen LogP contribution in [-0.4, -0.2) is 30.6 Å². The number of hydrogen-bond acceptors (Lipinski definition) is 4. The largest absolute Gasteiger partial charge is 0.350 e. The SMILES string of the molecule is Cc1ccc(S(=O)(=O)N2C(=O)CC[C@@H]2C(=O)NCc2ccc(F)cc2)cc1C. The molecule has 148 valence electrons. The van der Waals surface area contributed by atoms with Crippen molar-refractivity contribution in [3.05, 3.63) is 65.0 Å². The summed E-state index contributed by atoms with van der Waals surface area (Å²) in [6.07, 6.45) is 0.108. The summed E-state index contributed by atoms with van der Waals surface area (Å²) in [6.45, 7) is 3.76. The van der Waals surface area contributed by atoms with Gasteiger partial charge < -0.3 is 5.32 Å². The summed E-state index contributed by atoms with van der Waals surface area (Å²) in [5.74, 6) is -1.54. The van der Waals surface area contributed by atoms with Gasteiger partial charge in [-0.15, -0.1) is 0 Å². The maximum absolute atomic E-state index is 13.0. The molecule has 1 aliphatic heterocycles. The molecule has 8 heteroatoms. The molecule has 0 bridgehead atoms. The van der Waals surface area contributed by atoms with Gasteiger partial charge in [0.2, 0.25) is 11.8 Å². The lowest BCUT2D eigenvalue weighted by Gasteiger charge is -2.24. The van der Waals surface area contributed by atoms with Crippen molar-refractivity contribution in [1.29, 1.82) is 0 Å².